The Morgan fingerprint density at radius 3 is 2.56 bits per heavy atom. The second-order valence-corrected chi connectivity index (χ2v) is 6.33. The lowest BCUT2D eigenvalue weighted by molar-refractivity contribution is 0.283. The van der Waals surface area contributed by atoms with Crippen LogP contribution in [0.15, 0.2) is 22.7 Å². The summed E-state index contributed by atoms with van der Waals surface area (Å²) in [5.74, 6) is -0.164. The molecule has 0 saturated heterocycles. The third kappa shape index (κ3) is 4.06. The monoisotopic (exact) mass is 378 g/mol. The molecule has 18 heavy (non-hydrogen) atoms. The van der Waals surface area contributed by atoms with Gasteiger partial charge in [-0.3, -0.25) is 0 Å². The molecule has 0 bridgehead atoms. The number of alkyl halides is 1. The van der Waals surface area contributed by atoms with Gasteiger partial charge in [-0.15, -0.1) is 0 Å². The van der Waals surface area contributed by atoms with E-state index in [1.165, 1.54) is 25.3 Å². The number of benzene rings is 1. The van der Waals surface area contributed by atoms with Crippen molar-refractivity contribution in [2.24, 2.45) is 5.41 Å². The lowest BCUT2D eigenvalue weighted by Crippen LogP contribution is -2.25. The van der Waals surface area contributed by atoms with Gasteiger partial charge in [0.05, 0.1) is 4.47 Å². The highest BCUT2D eigenvalue weighted by atomic mass is 79.9. The zero-order chi connectivity index (χ0) is 13.6. The van der Waals surface area contributed by atoms with Crippen LogP contribution in [0.2, 0.25) is 0 Å². The summed E-state index contributed by atoms with van der Waals surface area (Å²) >= 11 is 7.02. The fourth-order valence-electron chi connectivity index (χ4n) is 2.24. The van der Waals surface area contributed by atoms with Crippen molar-refractivity contribution in [1.29, 1.82) is 0 Å². The Kier molecular flexibility index (Phi) is 6.86. The van der Waals surface area contributed by atoms with Crippen molar-refractivity contribution in [3.8, 4) is 0 Å². The molecule has 0 aliphatic heterocycles. The van der Waals surface area contributed by atoms with E-state index in [0.717, 1.165) is 23.7 Å². The average Bonchev–Trinajstić information content (AvgIpc) is 2.40. The molecule has 1 unspecified atom stereocenters. The topological polar surface area (TPSA) is 0 Å². The number of hydrogen-bond donors (Lipinski definition) is 0. The number of hydrogen-bond acceptors (Lipinski definition) is 0. The van der Waals surface area contributed by atoms with E-state index in [0.29, 0.717) is 4.47 Å². The van der Waals surface area contributed by atoms with Gasteiger partial charge < -0.3 is 0 Å². The van der Waals surface area contributed by atoms with E-state index in [4.69, 9.17) is 0 Å². The van der Waals surface area contributed by atoms with E-state index in [1.54, 1.807) is 6.07 Å². The lowest BCUT2D eigenvalue weighted by Gasteiger charge is -2.31. The predicted molar refractivity (Wildman–Crippen MR) is 83.8 cm³/mol. The van der Waals surface area contributed by atoms with Gasteiger partial charge in [0, 0.05) is 5.33 Å². The first-order chi connectivity index (χ1) is 8.58. The lowest BCUT2D eigenvalue weighted by atomic mass is 9.77. The van der Waals surface area contributed by atoms with Crippen LogP contribution in [0.3, 0.4) is 0 Å². The molecule has 1 rings (SSSR count). The van der Waals surface area contributed by atoms with Crippen LogP contribution < -0.4 is 0 Å². The molecule has 0 amide bonds. The molecule has 0 saturated carbocycles. The maximum atomic E-state index is 13.6. The Morgan fingerprint density at radius 2 is 2.00 bits per heavy atom. The van der Waals surface area contributed by atoms with E-state index >= 15 is 0 Å². The van der Waals surface area contributed by atoms with Gasteiger partial charge in [-0.05, 0) is 52.2 Å². The van der Waals surface area contributed by atoms with E-state index in [9.17, 15) is 4.39 Å². The summed E-state index contributed by atoms with van der Waals surface area (Å²) in [6.45, 7) is 4.44. The molecule has 0 fully saturated rings. The third-order valence-corrected chi connectivity index (χ3v) is 5.77. The highest BCUT2D eigenvalue weighted by Gasteiger charge is 2.27. The smallest absolute Gasteiger partial charge is 0.137 e. The molecule has 0 nitrogen and oxygen atoms in total. The summed E-state index contributed by atoms with van der Waals surface area (Å²) in [6, 6.07) is 5.32. The van der Waals surface area contributed by atoms with Crippen LogP contribution in [0.1, 0.15) is 45.1 Å². The van der Waals surface area contributed by atoms with Crippen molar-refractivity contribution in [2.45, 2.75) is 46.0 Å². The van der Waals surface area contributed by atoms with Crippen molar-refractivity contribution in [1.82, 2.24) is 0 Å². The summed E-state index contributed by atoms with van der Waals surface area (Å²) in [5, 5.41) is 0.972. The minimum absolute atomic E-state index is 0.164. The zero-order valence-corrected chi connectivity index (χ0v) is 14.3. The number of halogens is 3. The fourth-order valence-corrected chi connectivity index (χ4v) is 3.52. The molecule has 1 atom stereocenters. The van der Waals surface area contributed by atoms with Gasteiger partial charge in [0.15, 0.2) is 0 Å². The first kappa shape index (κ1) is 16.2. The maximum Gasteiger partial charge on any atom is 0.137 e. The SMILES string of the molecule is CCCCC(CC)(CBr)Cc1cccc(F)c1Br. The zero-order valence-electron chi connectivity index (χ0n) is 11.1. The summed E-state index contributed by atoms with van der Waals surface area (Å²) < 4.78 is 14.2. The Bertz CT molecular complexity index is 373. The fraction of sp³-hybridized carbons (Fsp3) is 0.600. The molecule has 0 N–H and O–H groups in total. The van der Waals surface area contributed by atoms with Crippen LogP contribution >= 0.6 is 31.9 Å². The van der Waals surface area contributed by atoms with Crippen molar-refractivity contribution in [2.75, 3.05) is 5.33 Å². The highest BCUT2D eigenvalue weighted by molar-refractivity contribution is 9.10. The van der Waals surface area contributed by atoms with Gasteiger partial charge in [-0.25, -0.2) is 4.39 Å². The molecule has 3 heteroatoms. The predicted octanol–water partition coefficient (Wildman–Crippen LogP) is 6.11. The normalized spacial score (nSPS) is 14.5. The minimum Gasteiger partial charge on any atom is -0.206 e. The molecule has 0 radical (unpaired) electrons. The first-order valence-electron chi connectivity index (χ1n) is 6.57. The number of unbranched alkanes of at least 4 members (excludes halogenated alkanes) is 1. The van der Waals surface area contributed by atoms with Gasteiger partial charge in [-0.1, -0.05) is 54.8 Å². The first-order valence-corrected chi connectivity index (χ1v) is 8.49. The number of rotatable bonds is 7. The van der Waals surface area contributed by atoms with Crippen LogP contribution in [0, 0.1) is 11.2 Å². The largest absolute Gasteiger partial charge is 0.206 e. The minimum atomic E-state index is -0.164. The van der Waals surface area contributed by atoms with Gasteiger partial charge >= 0.3 is 0 Å². The molecule has 0 spiro atoms. The second kappa shape index (κ2) is 7.64. The Morgan fingerprint density at radius 1 is 1.28 bits per heavy atom. The quantitative estimate of drug-likeness (QED) is 0.501. The van der Waals surface area contributed by atoms with Crippen molar-refractivity contribution < 1.29 is 4.39 Å². The maximum absolute atomic E-state index is 13.6. The van der Waals surface area contributed by atoms with Gasteiger partial charge in [0.25, 0.3) is 0 Å². The van der Waals surface area contributed by atoms with E-state index < -0.39 is 0 Å². The molecule has 1 aromatic rings. The Labute approximate surface area is 127 Å². The molecule has 0 heterocycles. The van der Waals surface area contributed by atoms with E-state index in [-0.39, 0.29) is 11.2 Å². The van der Waals surface area contributed by atoms with Crippen LogP contribution in [0.4, 0.5) is 4.39 Å². The van der Waals surface area contributed by atoms with Crippen molar-refractivity contribution >= 4 is 31.9 Å². The van der Waals surface area contributed by atoms with Gasteiger partial charge in [-0.2, -0.15) is 0 Å². The standard InChI is InChI=1S/C15H21Br2F/c1-3-5-9-15(4-2,11-16)10-12-7-6-8-13(18)14(12)17/h6-8H,3-5,9-11H2,1-2H3. The van der Waals surface area contributed by atoms with Crippen LogP contribution in [0.25, 0.3) is 0 Å². The summed E-state index contributed by atoms with van der Waals surface area (Å²) in [7, 11) is 0. The van der Waals surface area contributed by atoms with Gasteiger partial charge in [0.2, 0.25) is 0 Å². The molecular weight excluding hydrogens is 359 g/mol. The molecule has 0 aromatic heterocycles. The van der Waals surface area contributed by atoms with Crippen LogP contribution in [-0.2, 0) is 6.42 Å². The molecule has 102 valence electrons. The Balaban J connectivity index is 2.92. The third-order valence-electron chi connectivity index (χ3n) is 3.69. The average molecular weight is 380 g/mol. The molecular formula is C15H21Br2F. The van der Waals surface area contributed by atoms with Crippen LogP contribution in [-0.4, -0.2) is 5.33 Å². The summed E-state index contributed by atoms with van der Waals surface area (Å²) in [6.07, 6.45) is 5.66. The van der Waals surface area contributed by atoms with Gasteiger partial charge in [0.1, 0.15) is 5.82 Å². The van der Waals surface area contributed by atoms with E-state index in [2.05, 4.69) is 45.7 Å². The van der Waals surface area contributed by atoms with E-state index in [1.807, 2.05) is 6.07 Å². The molecule has 1 aromatic carbocycles. The Hall–Kier alpha value is 0.110. The highest BCUT2D eigenvalue weighted by Crippen LogP contribution is 2.37. The molecule has 0 aliphatic carbocycles. The van der Waals surface area contributed by atoms with Crippen LogP contribution in [0.5, 0.6) is 0 Å². The summed E-state index contributed by atoms with van der Waals surface area (Å²) in [5.41, 5.74) is 1.32. The summed E-state index contributed by atoms with van der Waals surface area (Å²) in [4.78, 5) is 0. The molecule has 0 aliphatic rings. The second-order valence-electron chi connectivity index (χ2n) is 4.98. The van der Waals surface area contributed by atoms with Crippen molar-refractivity contribution in [3.63, 3.8) is 0 Å². The van der Waals surface area contributed by atoms with Crippen molar-refractivity contribution in [3.05, 3.63) is 34.1 Å².